The molecule has 0 aromatic heterocycles. The third-order valence-electron chi connectivity index (χ3n) is 2.03. The predicted octanol–water partition coefficient (Wildman–Crippen LogP) is 3.26. The SMILES string of the molecule is CC(C)OC(=O)/C(=N/[Si](C)(C)C)c1ccccc1. The number of rotatable bonds is 4. The highest BCUT2D eigenvalue weighted by atomic mass is 28.3. The van der Waals surface area contributed by atoms with Crippen LogP contribution in [0.3, 0.4) is 0 Å². The Morgan fingerprint density at radius 3 is 2.17 bits per heavy atom. The third-order valence-corrected chi connectivity index (χ3v) is 2.92. The van der Waals surface area contributed by atoms with E-state index in [2.05, 4.69) is 24.3 Å². The van der Waals surface area contributed by atoms with Gasteiger partial charge in [0.05, 0.1) is 6.10 Å². The summed E-state index contributed by atoms with van der Waals surface area (Å²) in [6.45, 7) is 9.97. The lowest BCUT2D eigenvalue weighted by molar-refractivity contribution is -0.138. The molecule has 18 heavy (non-hydrogen) atoms. The Labute approximate surface area is 110 Å². The van der Waals surface area contributed by atoms with Crippen molar-refractivity contribution in [3.63, 3.8) is 0 Å². The Morgan fingerprint density at radius 1 is 1.17 bits per heavy atom. The van der Waals surface area contributed by atoms with Crippen LogP contribution >= 0.6 is 0 Å². The molecule has 4 heteroatoms. The van der Waals surface area contributed by atoms with Gasteiger partial charge < -0.3 is 9.39 Å². The van der Waals surface area contributed by atoms with Crippen molar-refractivity contribution in [2.24, 2.45) is 4.66 Å². The molecule has 1 rings (SSSR count). The number of hydrogen-bond acceptors (Lipinski definition) is 3. The first-order valence-electron chi connectivity index (χ1n) is 6.16. The lowest BCUT2D eigenvalue weighted by Gasteiger charge is -2.15. The fourth-order valence-electron chi connectivity index (χ4n) is 1.43. The minimum Gasteiger partial charge on any atom is -0.458 e. The van der Waals surface area contributed by atoms with Gasteiger partial charge in [-0.2, -0.15) is 0 Å². The van der Waals surface area contributed by atoms with E-state index in [1.54, 1.807) is 0 Å². The first-order chi connectivity index (χ1) is 8.29. The second-order valence-corrected chi connectivity index (χ2v) is 10.0. The van der Waals surface area contributed by atoms with E-state index in [1.807, 2.05) is 44.2 Å². The monoisotopic (exact) mass is 263 g/mol. The van der Waals surface area contributed by atoms with E-state index < -0.39 is 8.24 Å². The molecule has 0 unspecified atom stereocenters. The summed E-state index contributed by atoms with van der Waals surface area (Å²) in [4.78, 5) is 12.1. The highest BCUT2D eigenvalue weighted by Gasteiger charge is 2.21. The van der Waals surface area contributed by atoms with Crippen molar-refractivity contribution < 1.29 is 9.53 Å². The molecule has 0 aliphatic heterocycles. The summed E-state index contributed by atoms with van der Waals surface area (Å²) in [7, 11) is -1.73. The highest BCUT2D eigenvalue weighted by molar-refractivity contribution is 6.77. The smallest absolute Gasteiger partial charge is 0.356 e. The quantitative estimate of drug-likeness (QED) is 0.475. The molecule has 1 aromatic carbocycles. The van der Waals surface area contributed by atoms with E-state index in [-0.39, 0.29) is 12.1 Å². The van der Waals surface area contributed by atoms with E-state index >= 15 is 0 Å². The van der Waals surface area contributed by atoms with Crippen LogP contribution in [0.4, 0.5) is 0 Å². The Kier molecular flexibility index (Phi) is 4.84. The summed E-state index contributed by atoms with van der Waals surface area (Å²) in [6.07, 6.45) is -0.131. The third kappa shape index (κ3) is 4.83. The van der Waals surface area contributed by atoms with E-state index in [0.29, 0.717) is 5.71 Å². The number of nitrogens with zero attached hydrogens (tertiary/aromatic N) is 1. The van der Waals surface area contributed by atoms with Crippen LogP contribution in [0.5, 0.6) is 0 Å². The van der Waals surface area contributed by atoms with E-state index in [0.717, 1.165) is 5.56 Å². The number of esters is 1. The summed E-state index contributed by atoms with van der Waals surface area (Å²) in [5.41, 5.74) is 1.27. The van der Waals surface area contributed by atoms with Gasteiger partial charge in [0.2, 0.25) is 0 Å². The minimum atomic E-state index is -1.73. The van der Waals surface area contributed by atoms with Gasteiger partial charge in [-0.05, 0) is 33.5 Å². The van der Waals surface area contributed by atoms with Gasteiger partial charge in [0.15, 0.2) is 8.24 Å². The van der Waals surface area contributed by atoms with Crippen LogP contribution < -0.4 is 0 Å². The first-order valence-corrected chi connectivity index (χ1v) is 9.60. The largest absolute Gasteiger partial charge is 0.458 e. The Hall–Kier alpha value is -1.42. The molecule has 0 saturated heterocycles. The first kappa shape index (κ1) is 14.6. The molecule has 0 amide bonds. The molecular weight excluding hydrogens is 242 g/mol. The molecule has 0 fully saturated rings. The van der Waals surface area contributed by atoms with Gasteiger partial charge >= 0.3 is 5.97 Å². The van der Waals surface area contributed by atoms with Crippen LogP contribution in [0.15, 0.2) is 35.0 Å². The van der Waals surface area contributed by atoms with Crippen molar-refractivity contribution in [2.75, 3.05) is 0 Å². The number of benzene rings is 1. The van der Waals surface area contributed by atoms with Gasteiger partial charge in [-0.15, -0.1) is 0 Å². The molecular formula is C14H21NO2Si. The lowest BCUT2D eigenvalue weighted by Crippen LogP contribution is -2.28. The second kappa shape index (κ2) is 5.95. The molecule has 0 aliphatic carbocycles. The van der Waals surface area contributed by atoms with Gasteiger partial charge in [-0.25, -0.2) is 4.79 Å². The van der Waals surface area contributed by atoms with Gasteiger partial charge in [0.25, 0.3) is 0 Å². The number of ether oxygens (including phenoxy) is 1. The minimum absolute atomic E-state index is 0.131. The van der Waals surface area contributed by atoms with Gasteiger partial charge in [0, 0.05) is 5.56 Å². The van der Waals surface area contributed by atoms with E-state index in [4.69, 9.17) is 4.74 Å². The van der Waals surface area contributed by atoms with Gasteiger partial charge in [-0.3, -0.25) is 0 Å². The summed E-state index contributed by atoms with van der Waals surface area (Å²) < 4.78 is 9.88. The van der Waals surface area contributed by atoms with Crippen molar-refractivity contribution in [3.05, 3.63) is 35.9 Å². The molecule has 0 heterocycles. The lowest BCUT2D eigenvalue weighted by atomic mass is 10.1. The maximum absolute atomic E-state index is 12.1. The highest BCUT2D eigenvalue weighted by Crippen LogP contribution is 2.10. The summed E-state index contributed by atoms with van der Waals surface area (Å²) in [5, 5.41) is 0. The van der Waals surface area contributed by atoms with Crippen LogP contribution in [0.1, 0.15) is 19.4 Å². The van der Waals surface area contributed by atoms with Crippen LogP contribution in [0.25, 0.3) is 0 Å². The van der Waals surface area contributed by atoms with Crippen molar-refractivity contribution >= 4 is 19.9 Å². The van der Waals surface area contributed by atoms with Gasteiger partial charge in [-0.1, -0.05) is 30.3 Å². The fourth-order valence-corrected chi connectivity index (χ4v) is 2.32. The molecule has 3 nitrogen and oxygen atoms in total. The van der Waals surface area contributed by atoms with E-state index in [1.165, 1.54) is 0 Å². The molecule has 1 aromatic rings. The molecule has 0 radical (unpaired) electrons. The zero-order valence-electron chi connectivity index (χ0n) is 11.7. The number of carbonyl (C=O) groups excluding carboxylic acids is 1. The van der Waals surface area contributed by atoms with Crippen molar-refractivity contribution in [1.29, 1.82) is 0 Å². The standard InChI is InChI=1S/C14H21NO2Si/c1-11(2)17-14(16)13(15-18(3,4)5)12-9-7-6-8-10-12/h6-11H,1-5H3/b15-13+. The summed E-state index contributed by atoms with van der Waals surface area (Å²) >= 11 is 0. The molecule has 0 atom stereocenters. The molecule has 0 bridgehead atoms. The summed E-state index contributed by atoms with van der Waals surface area (Å²) in [5.74, 6) is -0.335. The Morgan fingerprint density at radius 2 is 1.72 bits per heavy atom. The Bertz CT molecular complexity index is 433. The normalized spacial score (nSPS) is 12.7. The van der Waals surface area contributed by atoms with Crippen molar-refractivity contribution in [3.8, 4) is 0 Å². The average Bonchev–Trinajstić information content (AvgIpc) is 2.25. The molecule has 0 spiro atoms. The summed E-state index contributed by atoms with van der Waals surface area (Å²) in [6, 6.07) is 9.50. The van der Waals surface area contributed by atoms with Crippen molar-refractivity contribution in [1.82, 2.24) is 0 Å². The zero-order valence-corrected chi connectivity index (χ0v) is 12.7. The average molecular weight is 263 g/mol. The van der Waals surface area contributed by atoms with Crippen LogP contribution in [0.2, 0.25) is 19.6 Å². The van der Waals surface area contributed by atoms with Crippen LogP contribution in [-0.2, 0) is 9.53 Å². The second-order valence-electron chi connectivity index (χ2n) is 5.45. The van der Waals surface area contributed by atoms with E-state index in [9.17, 15) is 4.79 Å². The van der Waals surface area contributed by atoms with Crippen LogP contribution in [0, 0.1) is 0 Å². The maximum atomic E-state index is 12.1. The fraction of sp³-hybridized carbons (Fsp3) is 0.429. The van der Waals surface area contributed by atoms with Crippen molar-refractivity contribution in [2.45, 2.75) is 39.6 Å². The topological polar surface area (TPSA) is 38.7 Å². The number of carbonyl (C=O) groups is 1. The van der Waals surface area contributed by atoms with Crippen LogP contribution in [-0.4, -0.2) is 26.0 Å². The zero-order chi connectivity index (χ0) is 13.8. The Balaban J connectivity index is 3.12. The van der Waals surface area contributed by atoms with Gasteiger partial charge in [0.1, 0.15) is 5.71 Å². The molecule has 0 saturated carbocycles. The molecule has 0 N–H and O–H groups in total. The number of hydrogen-bond donors (Lipinski definition) is 0. The molecule has 98 valence electrons. The predicted molar refractivity (Wildman–Crippen MR) is 77.6 cm³/mol. The molecule has 0 aliphatic rings. The maximum Gasteiger partial charge on any atom is 0.356 e.